The van der Waals surface area contributed by atoms with Gasteiger partial charge in [0, 0.05) is 24.3 Å². The molecule has 0 radical (unpaired) electrons. The van der Waals surface area contributed by atoms with Gasteiger partial charge < -0.3 is 10.2 Å². The molecule has 0 saturated carbocycles. The first-order valence-corrected chi connectivity index (χ1v) is 13.2. The van der Waals surface area contributed by atoms with Gasteiger partial charge in [0.2, 0.25) is 11.8 Å². The highest BCUT2D eigenvalue weighted by Gasteiger charge is 2.32. The van der Waals surface area contributed by atoms with Gasteiger partial charge in [-0.2, -0.15) is 0 Å². The van der Waals surface area contributed by atoms with Crippen LogP contribution in [-0.2, 0) is 28.3 Å². The van der Waals surface area contributed by atoms with E-state index in [2.05, 4.69) is 24.4 Å². The number of hydrogen-bond acceptors (Lipinski definition) is 3. The van der Waals surface area contributed by atoms with Crippen molar-refractivity contribution in [1.29, 1.82) is 0 Å². The average Bonchev–Trinajstić information content (AvgIpc) is 2.82. The molecule has 2 amide bonds. The van der Waals surface area contributed by atoms with Crippen molar-refractivity contribution >= 4 is 23.6 Å². The van der Waals surface area contributed by atoms with Gasteiger partial charge in [0.05, 0.1) is 5.75 Å². The van der Waals surface area contributed by atoms with Crippen molar-refractivity contribution in [3.8, 4) is 0 Å². The van der Waals surface area contributed by atoms with Gasteiger partial charge in [-0.05, 0) is 49.9 Å². The van der Waals surface area contributed by atoms with Gasteiger partial charge in [-0.25, -0.2) is 0 Å². The molecule has 0 aliphatic rings. The second-order valence-electron chi connectivity index (χ2n) is 9.87. The molecule has 3 aromatic rings. The normalized spacial score (nSPS) is 12.1. The van der Waals surface area contributed by atoms with Crippen molar-refractivity contribution in [1.82, 2.24) is 10.2 Å². The molecule has 35 heavy (non-hydrogen) atoms. The predicted octanol–water partition coefficient (Wildman–Crippen LogP) is 5.78. The Bertz CT molecular complexity index is 1090. The Morgan fingerprint density at radius 3 is 2.03 bits per heavy atom. The molecule has 3 aromatic carbocycles. The average molecular weight is 489 g/mol. The number of hydrogen-bond donors (Lipinski definition) is 1. The molecule has 0 spiro atoms. The van der Waals surface area contributed by atoms with E-state index < -0.39 is 11.6 Å². The summed E-state index contributed by atoms with van der Waals surface area (Å²) in [7, 11) is 0. The Balaban J connectivity index is 1.85. The lowest BCUT2D eigenvalue weighted by Crippen LogP contribution is -2.54. The smallest absolute Gasteiger partial charge is 0.243 e. The van der Waals surface area contributed by atoms with Crippen molar-refractivity contribution < 1.29 is 9.59 Å². The molecule has 0 aliphatic heterocycles. The third kappa shape index (κ3) is 8.59. The minimum absolute atomic E-state index is 0.0302. The number of rotatable bonds is 10. The quantitative estimate of drug-likeness (QED) is 0.393. The minimum Gasteiger partial charge on any atom is -0.350 e. The van der Waals surface area contributed by atoms with Crippen LogP contribution >= 0.6 is 11.8 Å². The number of amides is 2. The monoisotopic (exact) mass is 488 g/mol. The van der Waals surface area contributed by atoms with Crippen LogP contribution < -0.4 is 5.32 Å². The number of nitrogens with zero attached hydrogens (tertiary/aromatic N) is 1. The zero-order valence-corrected chi connectivity index (χ0v) is 22.0. The Hall–Kier alpha value is -3.05. The van der Waals surface area contributed by atoms with E-state index in [4.69, 9.17) is 0 Å². The van der Waals surface area contributed by atoms with Gasteiger partial charge in [-0.1, -0.05) is 84.9 Å². The Morgan fingerprint density at radius 2 is 1.43 bits per heavy atom. The summed E-state index contributed by atoms with van der Waals surface area (Å²) in [6, 6.07) is 27.4. The molecule has 0 fully saturated rings. The number of aryl methyl sites for hydroxylation is 1. The summed E-state index contributed by atoms with van der Waals surface area (Å²) in [5.41, 5.74) is 4.09. The molecule has 0 bridgehead atoms. The molecule has 0 aliphatic carbocycles. The van der Waals surface area contributed by atoms with Crippen LogP contribution in [-0.4, -0.2) is 34.0 Å². The van der Waals surface area contributed by atoms with Crippen LogP contribution in [0, 0.1) is 6.92 Å². The van der Waals surface area contributed by atoms with Crippen LogP contribution in [0.25, 0.3) is 0 Å². The summed E-state index contributed by atoms with van der Waals surface area (Å²) in [6.07, 6.45) is 0.462. The van der Waals surface area contributed by atoms with Crippen molar-refractivity contribution in [2.24, 2.45) is 0 Å². The summed E-state index contributed by atoms with van der Waals surface area (Å²) >= 11 is 1.59. The molecular formula is C30H36N2O2S. The molecule has 0 saturated heterocycles. The van der Waals surface area contributed by atoms with Gasteiger partial charge in [-0.3, -0.25) is 9.59 Å². The number of nitrogens with one attached hydrogen (secondary N) is 1. The van der Waals surface area contributed by atoms with E-state index in [1.54, 1.807) is 16.7 Å². The molecule has 3 rings (SSSR count). The fourth-order valence-electron chi connectivity index (χ4n) is 3.89. The lowest BCUT2D eigenvalue weighted by atomic mass is 10.0. The second kappa shape index (κ2) is 12.6. The highest BCUT2D eigenvalue weighted by Crippen LogP contribution is 2.20. The predicted molar refractivity (Wildman–Crippen MR) is 146 cm³/mol. The van der Waals surface area contributed by atoms with Crippen molar-refractivity contribution in [3.05, 3.63) is 107 Å². The van der Waals surface area contributed by atoms with Crippen molar-refractivity contribution in [2.45, 2.75) is 58.0 Å². The second-order valence-corrected chi connectivity index (χ2v) is 10.9. The fourth-order valence-corrected chi connectivity index (χ4v) is 4.88. The Morgan fingerprint density at radius 1 is 0.857 bits per heavy atom. The van der Waals surface area contributed by atoms with Crippen LogP contribution in [0.5, 0.6) is 0 Å². The molecule has 0 heterocycles. The van der Waals surface area contributed by atoms with Gasteiger partial charge >= 0.3 is 0 Å². The van der Waals surface area contributed by atoms with Crippen molar-refractivity contribution in [3.63, 3.8) is 0 Å². The maximum Gasteiger partial charge on any atom is 0.243 e. The Kier molecular flexibility index (Phi) is 9.55. The maximum atomic E-state index is 13.6. The van der Waals surface area contributed by atoms with E-state index in [1.807, 2.05) is 93.6 Å². The van der Waals surface area contributed by atoms with Crippen LogP contribution in [0.2, 0.25) is 0 Å². The summed E-state index contributed by atoms with van der Waals surface area (Å²) in [5.74, 6) is 0.914. The van der Waals surface area contributed by atoms with Gasteiger partial charge in [0.15, 0.2) is 0 Å². The molecule has 184 valence electrons. The first-order chi connectivity index (χ1) is 16.7. The van der Waals surface area contributed by atoms with E-state index in [-0.39, 0.29) is 11.8 Å². The Labute approximate surface area is 214 Å². The van der Waals surface area contributed by atoms with Crippen LogP contribution in [0.4, 0.5) is 0 Å². The van der Waals surface area contributed by atoms with E-state index in [1.165, 1.54) is 11.1 Å². The third-order valence-corrected chi connectivity index (χ3v) is 6.68. The van der Waals surface area contributed by atoms with E-state index in [0.29, 0.717) is 18.7 Å². The lowest BCUT2D eigenvalue weighted by Gasteiger charge is -2.34. The van der Waals surface area contributed by atoms with Crippen LogP contribution in [0.3, 0.4) is 0 Å². The molecular weight excluding hydrogens is 452 g/mol. The highest BCUT2D eigenvalue weighted by atomic mass is 32.2. The zero-order valence-electron chi connectivity index (χ0n) is 21.2. The molecule has 1 atom stereocenters. The number of thioether (sulfide) groups is 1. The van der Waals surface area contributed by atoms with Crippen LogP contribution in [0.15, 0.2) is 84.9 Å². The summed E-state index contributed by atoms with van der Waals surface area (Å²) < 4.78 is 0. The van der Waals surface area contributed by atoms with E-state index in [0.717, 1.165) is 16.9 Å². The fraction of sp³-hybridized carbons (Fsp3) is 0.333. The number of carbonyl (C=O) groups excluding carboxylic acids is 2. The molecule has 0 aromatic heterocycles. The summed E-state index contributed by atoms with van der Waals surface area (Å²) in [4.78, 5) is 28.9. The van der Waals surface area contributed by atoms with Gasteiger partial charge in [-0.15, -0.1) is 11.8 Å². The topological polar surface area (TPSA) is 49.4 Å². The first-order valence-electron chi connectivity index (χ1n) is 12.0. The summed E-state index contributed by atoms with van der Waals surface area (Å²) in [6.45, 7) is 8.37. The zero-order chi connectivity index (χ0) is 25.3. The third-order valence-electron chi connectivity index (χ3n) is 5.71. The molecule has 0 unspecified atom stereocenters. The standard InChI is InChI=1S/C30H36N2O2S/c1-23-13-11-12-18-26(23)21-35-22-28(33)32(20-25-16-9-6-10-17-25)27(29(34)31-30(2,3)4)19-24-14-7-5-8-15-24/h5-18,27H,19-22H2,1-4H3,(H,31,34)/t27-/m1/s1. The SMILES string of the molecule is Cc1ccccc1CSCC(=O)N(Cc1ccccc1)[C@H](Cc1ccccc1)C(=O)NC(C)(C)C. The number of carbonyl (C=O) groups is 2. The highest BCUT2D eigenvalue weighted by molar-refractivity contribution is 7.99. The molecule has 4 nitrogen and oxygen atoms in total. The van der Waals surface area contributed by atoms with Crippen molar-refractivity contribution in [2.75, 3.05) is 5.75 Å². The summed E-state index contributed by atoms with van der Waals surface area (Å²) in [5, 5.41) is 3.11. The van der Waals surface area contributed by atoms with E-state index >= 15 is 0 Å². The molecule has 5 heteroatoms. The number of benzene rings is 3. The van der Waals surface area contributed by atoms with Crippen LogP contribution in [0.1, 0.15) is 43.0 Å². The van der Waals surface area contributed by atoms with E-state index in [9.17, 15) is 9.59 Å². The molecule has 1 N–H and O–H groups in total. The lowest BCUT2D eigenvalue weighted by molar-refractivity contribution is -0.140. The van der Waals surface area contributed by atoms with Gasteiger partial charge in [0.1, 0.15) is 6.04 Å². The largest absolute Gasteiger partial charge is 0.350 e. The van der Waals surface area contributed by atoms with Gasteiger partial charge in [0.25, 0.3) is 0 Å². The maximum absolute atomic E-state index is 13.6. The first kappa shape index (κ1) is 26.6. The minimum atomic E-state index is -0.608.